The first kappa shape index (κ1) is 15.1. The summed E-state index contributed by atoms with van der Waals surface area (Å²) in [5, 5.41) is 7.24. The van der Waals surface area contributed by atoms with Crippen LogP contribution in [0, 0.1) is 6.92 Å². The maximum atomic E-state index is 8.71. The van der Waals surface area contributed by atoms with Crippen molar-refractivity contribution in [2.24, 2.45) is 5.11 Å². The molecule has 0 aliphatic carbocycles. The van der Waals surface area contributed by atoms with Crippen LogP contribution in [0.4, 0.5) is 0 Å². The van der Waals surface area contributed by atoms with Crippen molar-refractivity contribution < 1.29 is 0 Å². The van der Waals surface area contributed by atoms with Gasteiger partial charge in [-0.25, -0.2) is 0 Å². The van der Waals surface area contributed by atoms with Crippen LogP contribution in [0.25, 0.3) is 10.4 Å². The van der Waals surface area contributed by atoms with Gasteiger partial charge in [0, 0.05) is 18.0 Å². The third-order valence-corrected chi connectivity index (χ3v) is 3.36. The molecule has 0 aromatic heterocycles. The second-order valence-electron chi connectivity index (χ2n) is 5.16. The van der Waals surface area contributed by atoms with Crippen molar-refractivity contribution >= 4 is 0 Å². The van der Waals surface area contributed by atoms with Crippen molar-refractivity contribution in [3.8, 4) is 0 Å². The number of rotatable bonds is 7. The molecule has 0 aliphatic heterocycles. The lowest BCUT2D eigenvalue weighted by Crippen LogP contribution is -2.26. The van der Waals surface area contributed by atoms with E-state index in [0.29, 0.717) is 6.54 Å². The molecule has 0 fully saturated rings. The van der Waals surface area contributed by atoms with Gasteiger partial charge >= 0.3 is 0 Å². The van der Waals surface area contributed by atoms with E-state index < -0.39 is 0 Å². The molecule has 0 saturated carbocycles. The van der Waals surface area contributed by atoms with Gasteiger partial charge in [0.15, 0.2) is 0 Å². The van der Waals surface area contributed by atoms with E-state index in [4.69, 9.17) is 5.53 Å². The minimum absolute atomic E-state index is 0.0681. The molecule has 2 aromatic carbocycles. The summed E-state index contributed by atoms with van der Waals surface area (Å²) in [4.78, 5) is 2.96. The van der Waals surface area contributed by atoms with Gasteiger partial charge in [-0.15, -0.1) is 0 Å². The van der Waals surface area contributed by atoms with Crippen molar-refractivity contribution in [1.82, 2.24) is 5.32 Å². The van der Waals surface area contributed by atoms with Gasteiger partial charge in [0.1, 0.15) is 0 Å². The fourth-order valence-corrected chi connectivity index (χ4v) is 2.20. The lowest BCUT2D eigenvalue weighted by molar-refractivity contribution is 0.571. The van der Waals surface area contributed by atoms with Gasteiger partial charge < -0.3 is 5.32 Å². The number of hydrogen-bond donors (Lipinski definition) is 1. The molecule has 1 atom stereocenters. The van der Waals surface area contributed by atoms with E-state index in [1.807, 2.05) is 18.2 Å². The molecule has 0 spiro atoms. The molecular weight excluding hydrogens is 260 g/mol. The minimum Gasteiger partial charge on any atom is -0.312 e. The van der Waals surface area contributed by atoms with E-state index in [2.05, 4.69) is 58.7 Å². The number of azide groups is 1. The van der Waals surface area contributed by atoms with E-state index in [0.717, 1.165) is 13.0 Å². The highest BCUT2D eigenvalue weighted by atomic mass is 15.2. The molecule has 0 radical (unpaired) electrons. The van der Waals surface area contributed by atoms with Crippen LogP contribution in [0.2, 0.25) is 0 Å². The van der Waals surface area contributed by atoms with E-state index in [-0.39, 0.29) is 6.04 Å². The van der Waals surface area contributed by atoms with Crippen LogP contribution in [0.15, 0.2) is 59.7 Å². The third-order valence-electron chi connectivity index (χ3n) is 3.36. The van der Waals surface area contributed by atoms with Crippen LogP contribution in [-0.2, 0) is 13.0 Å². The number of hydrogen-bond acceptors (Lipinski definition) is 2. The standard InChI is InChI=1S/C17H20N4/c1-14-7-9-15(10-8-14)11-17(20-21-18)13-19-12-16-5-3-2-4-6-16/h2-10,17,19H,11-13H2,1H3. The van der Waals surface area contributed by atoms with Crippen LogP contribution < -0.4 is 5.32 Å². The normalized spacial score (nSPS) is 11.7. The summed E-state index contributed by atoms with van der Waals surface area (Å²) < 4.78 is 0. The Morgan fingerprint density at radius 3 is 2.43 bits per heavy atom. The molecule has 0 amide bonds. The fourth-order valence-electron chi connectivity index (χ4n) is 2.20. The van der Waals surface area contributed by atoms with Crippen LogP contribution in [0.1, 0.15) is 16.7 Å². The second kappa shape index (κ2) is 8.10. The molecule has 4 heteroatoms. The molecular formula is C17H20N4. The van der Waals surface area contributed by atoms with E-state index in [9.17, 15) is 0 Å². The largest absolute Gasteiger partial charge is 0.312 e. The average molecular weight is 280 g/mol. The van der Waals surface area contributed by atoms with Gasteiger partial charge in [0.25, 0.3) is 0 Å². The smallest absolute Gasteiger partial charge is 0.0539 e. The molecule has 0 heterocycles. The molecule has 1 N–H and O–H groups in total. The molecule has 0 saturated heterocycles. The van der Waals surface area contributed by atoms with Gasteiger partial charge in [-0.2, -0.15) is 0 Å². The van der Waals surface area contributed by atoms with Crippen molar-refractivity contribution in [3.63, 3.8) is 0 Å². The van der Waals surface area contributed by atoms with Crippen molar-refractivity contribution in [2.75, 3.05) is 6.54 Å². The zero-order valence-corrected chi connectivity index (χ0v) is 12.2. The van der Waals surface area contributed by atoms with Gasteiger partial charge in [-0.1, -0.05) is 65.3 Å². The molecule has 0 bridgehead atoms. The van der Waals surface area contributed by atoms with Gasteiger partial charge in [-0.05, 0) is 30.0 Å². The predicted molar refractivity (Wildman–Crippen MR) is 86.0 cm³/mol. The first-order chi connectivity index (χ1) is 10.3. The van der Waals surface area contributed by atoms with Crippen LogP contribution in [0.5, 0.6) is 0 Å². The lowest BCUT2D eigenvalue weighted by Gasteiger charge is -2.13. The Bertz CT molecular complexity index is 586. The van der Waals surface area contributed by atoms with Gasteiger partial charge in [0.2, 0.25) is 0 Å². The Morgan fingerprint density at radius 2 is 1.76 bits per heavy atom. The van der Waals surface area contributed by atoms with Gasteiger partial charge in [-0.3, -0.25) is 0 Å². The number of nitrogens with one attached hydrogen (secondary N) is 1. The number of benzene rings is 2. The predicted octanol–water partition coefficient (Wildman–Crippen LogP) is 4.01. The van der Waals surface area contributed by atoms with E-state index >= 15 is 0 Å². The SMILES string of the molecule is Cc1ccc(CC(CNCc2ccccc2)N=[N+]=[N-])cc1. The van der Waals surface area contributed by atoms with E-state index in [1.54, 1.807) is 0 Å². The fraction of sp³-hybridized carbons (Fsp3) is 0.294. The zero-order chi connectivity index (χ0) is 14.9. The maximum absolute atomic E-state index is 8.71. The Kier molecular flexibility index (Phi) is 5.83. The first-order valence-electron chi connectivity index (χ1n) is 7.12. The molecule has 108 valence electrons. The summed E-state index contributed by atoms with van der Waals surface area (Å²) in [5.41, 5.74) is 12.4. The zero-order valence-electron chi connectivity index (χ0n) is 12.2. The van der Waals surface area contributed by atoms with E-state index in [1.165, 1.54) is 16.7 Å². The van der Waals surface area contributed by atoms with Crippen molar-refractivity contribution in [2.45, 2.75) is 25.9 Å². The quantitative estimate of drug-likeness (QED) is 0.465. The molecule has 2 rings (SSSR count). The Hall–Kier alpha value is -2.29. The summed E-state index contributed by atoms with van der Waals surface area (Å²) in [6.45, 7) is 3.52. The van der Waals surface area contributed by atoms with Crippen LogP contribution in [0.3, 0.4) is 0 Å². The molecule has 21 heavy (non-hydrogen) atoms. The molecule has 4 nitrogen and oxygen atoms in total. The lowest BCUT2D eigenvalue weighted by atomic mass is 10.0. The summed E-state index contributed by atoms with van der Waals surface area (Å²) >= 11 is 0. The monoisotopic (exact) mass is 280 g/mol. The summed E-state index contributed by atoms with van der Waals surface area (Å²) in [7, 11) is 0. The summed E-state index contributed by atoms with van der Waals surface area (Å²) in [5.74, 6) is 0. The summed E-state index contributed by atoms with van der Waals surface area (Å²) in [6.07, 6.45) is 0.756. The van der Waals surface area contributed by atoms with Crippen LogP contribution in [-0.4, -0.2) is 12.6 Å². The average Bonchev–Trinajstić information content (AvgIpc) is 2.51. The molecule has 1 unspecified atom stereocenters. The number of nitrogens with zero attached hydrogens (tertiary/aromatic N) is 3. The highest BCUT2D eigenvalue weighted by Gasteiger charge is 2.07. The van der Waals surface area contributed by atoms with Gasteiger partial charge in [0.05, 0.1) is 6.04 Å². The summed E-state index contributed by atoms with van der Waals surface area (Å²) in [6, 6.07) is 18.5. The van der Waals surface area contributed by atoms with Crippen molar-refractivity contribution in [3.05, 3.63) is 81.7 Å². The third kappa shape index (κ3) is 5.30. The first-order valence-corrected chi connectivity index (χ1v) is 7.12. The highest BCUT2D eigenvalue weighted by Crippen LogP contribution is 2.08. The minimum atomic E-state index is -0.0681. The Balaban J connectivity index is 1.87. The Labute approximate surface area is 125 Å². The van der Waals surface area contributed by atoms with Crippen LogP contribution >= 0.6 is 0 Å². The number of aryl methyl sites for hydroxylation is 1. The molecule has 0 aliphatic rings. The Morgan fingerprint density at radius 1 is 1.05 bits per heavy atom. The second-order valence-corrected chi connectivity index (χ2v) is 5.16. The maximum Gasteiger partial charge on any atom is 0.0539 e. The highest BCUT2D eigenvalue weighted by molar-refractivity contribution is 5.22. The van der Waals surface area contributed by atoms with Crippen molar-refractivity contribution in [1.29, 1.82) is 0 Å². The molecule has 2 aromatic rings. The topological polar surface area (TPSA) is 60.8 Å².